The van der Waals surface area contributed by atoms with E-state index >= 15 is 0 Å². The van der Waals surface area contributed by atoms with Crippen molar-refractivity contribution in [2.24, 2.45) is 7.05 Å². The highest BCUT2D eigenvalue weighted by atomic mass is 15.3. The van der Waals surface area contributed by atoms with Gasteiger partial charge in [-0.15, -0.1) is 0 Å². The summed E-state index contributed by atoms with van der Waals surface area (Å²) in [6.45, 7) is 0.693. The maximum Gasteiger partial charge on any atom is 0.203 e. The van der Waals surface area contributed by atoms with E-state index in [1.165, 1.54) is 0 Å². The van der Waals surface area contributed by atoms with E-state index in [0.29, 0.717) is 6.54 Å². The summed E-state index contributed by atoms with van der Waals surface area (Å²) in [5.41, 5.74) is 8.35. The molecule has 0 saturated heterocycles. The zero-order valence-corrected chi connectivity index (χ0v) is 11.0. The molecule has 6 nitrogen and oxygen atoms in total. The minimum absolute atomic E-state index is 0.693. The Balaban J connectivity index is 1.89. The zero-order chi connectivity index (χ0) is 13.4. The van der Waals surface area contributed by atoms with E-state index in [0.717, 1.165) is 28.5 Å². The van der Waals surface area contributed by atoms with Crippen molar-refractivity contribution in [3.63, 3.8) is 0 Å². The Labute approximate surface area is 110 Å². The molecule has 1 aromatic carbocycles. The van der Waals surface area contributed by atoms with Gasteiger partial charge in [0.25, 0.3) is 0 Å². The van der Waals surface area contributed by atoms with Gasteiger partial charge >= 0.3 is 0 Å². The van der Waals surface area contributed by atoms with Gasteiger partial charge in [0, 0.05) is 32.2 Å². The second kappa shape index (κ2) is 4.31. The number of anilines is 2. The van der Waals surface area contributed by atoms with Crippen LogP contribution in [0.4, 0.5) is 11.6 Å². The molecule has 0 radical (unpaired) electrons. The van der Waals surface area contributed by atoms with Crippen molar-refractivity contribution in [2.45, 2.75) is 6.54 Å². The second-order valence-corrected chi connectivity index (χ2v) is 4.65. The molecular formula is C13H16N6. The molecule has 0 bridgehead atoms. The predicted octanol–water partition coefficient (Wildman–Crippen LogP) is 1.51. The molecule has 0 saturated carbocycles. The summed E-state index contributed by atoms with van der Waals surface area (Å²) in [6.07, 6.45) is 3.73. The van der Waals surface area contributed by atoms with Crippen molar-refractivity contribution in [3.05, 3.63) is 36.4 Å². The molecule has 19 heavy (non-hydrogen) atoms. The number of imidazole rings is 2. The number of rotatable bonds is 3. The fraction of sp³-hybridized carbons (Fsp3) is 0.231. The number of nitrogens with zero attached hydrogens (tertiary/aromatic N) is 4. The van der Waals surface area contributed by atoms with Gasteiger partial charge in [0.1, 0.15) is 5.82 Å². The molecule has 3 aromatic rings. The molecule has 3 rings (SSSR count). The first-order valence-electron chi connectivity index (χ1n) is 6.06. The molecule has 0 aliphatic heterocycles. The topological polar surface area (TPSA) is 75.8 Å². The third kappa shape index (κ3) is 2.12. The van der Waals surface area contributed by atoms with Gasteiger partial charge in [0.05, 0.1) is 17.6 Å². The van der Waals surface area contributed by atoms with Crippen molar-refractivity contribution >= 4 is 22.7 Å². The number of nitrogens with two attached hydrogens (primary N) is 1. The van der Waals surface area contributed by atoms with Crippen LogP contribution in [0.1, 0.15) is 5.82 Å². The van der Waals surface area contributed by atoms with Crippen molar-refractivity contribution in [3.8, 4) is 0 Å². The van der Waals surface area contributed by atoms with Crippen LogP contribution in [-0.4, -0.2) is 26.6 Å². The normalized spacial score (nSPS) is 11.1. The van der Waals surface area contributed by atoms with Crippen LogP contribution in [0.25, 0.3) is 11.0 Å². The summed E-state index contributed by atoms with van der Waals surface area (Å²) in [6, 6.07) is 5.66. The highest BCUT2D eigenvalue weighted by Crippen LogP contribution is 2.19. The Morgan fingerprint density at radius 2 is 2.26 bits per heavy atom. The van der Waals surface area contributed by atoms with Gasteiger partial charge in [0.15, 0.2) is 0 Å². The highest BCUT2D eigenvalue weighted by molar-refractivity contribution is 5.80. The molecule has 0 fully saturated rings. The number of hydrogen-bond acceptors (Lipinski definition) is 4. The van der Waals surface area contributed by atoms with Gasteiger partial charge in [-0.1, -0.05) is 0 Å². The predicted molar refractivity (Wildman–Crippen MR) is 75.8 cm³/mol. The SMILES string of the molecule is CN(Cc1nccn1C)c1nc2ccc(N)cc2[nH]1. The lowest BCUT2D eigenvalue weighted by molar-refractivity contribution is 0.751. The van der Waals surface area contributed by atoms with Crippen LogP contribution < -0.4 is 10.6 Å². The minimum Gasteiger partial charge on any atom is -0.399 e. The Bertz CT molecular complexity index is 711. The van der Waals surface area contributed by atoms with Gasteiger partial charge < -0.3 is 20.2 Å². The molecule has 2 aromatic heterocycles. The monoisotopic (exact) mass is 256 g/mol. The van der Waals surface area contributed by atoms with Crippen molar-refractivity contribution < 1.29 is 0 Å². The van der Waals surface area contributed by atoms with E-state index in [2.05, 4.69) is 15.0 Å². The largest absolute Gasteiger partial charge is 0.399 e. The first-order chi connectivity index (χ1) is 9.13. The minimum atomic E-state index is 0.693. The van der Waals surface area contributed by atoms with Gasteiger partial charge in [-0.2, -0.15) is 0 Å². The number of aromatic amines is 1. The molecule has 0 spiro atoms. The number of nitrogens with one attached hydrogen (secondary N) is 1. The van der Waals surface area contributed by atoms with Crippen molar-refractivity contribution in [1.82, 2.24) is 19.5 Å². The fourth-order valence-corrected chi connectivity index (χ4v) is 2.03. The number of hydrogen-bond donors (Lipinski definition) is 2. The van der Waals surface area contributed by atoms with E-state index in [1.54, 1.807) is 6.20 Å². The maximum absolute atomic E-state index is 5.76. The first-order valence-corrected chi connectivity index (χ1v) is 6.06. The van der Waals surface area contributed by atoms with Crippen LogP contribution >= 0.6 is 0 Å². The molecule has 3 N–H and O–H groups in total. The lowest BCUT2D eigenvalue weighted by Gasteiger charge is -2.15. The van der Waals surface area contributed by atoms with E-state index in [1.807, 2.05) is 48.0 Å². The van der Waals surface area contributed by atoms with Crippen LogP contribution in [0, 0.1) is 0 Å². The average molecular weight is 256 g/mol. The van der Waals surface area contributed by atoms with Gasteiger partial charge in [0.2, 0.25) is 5.95 Å². The summed E-state index contributed by atoms with van der Waals surface area (Å²) < 4.78 is 2.00. The van der Waals surface area contributed by atoms with Crippen LogP contribution in [0.3, 0.4) is 0 Å². The molecule has 6 heteroatoms. The van der Waals surface area contributed by atoms with Crippen molar-refractivity contribution in [2.75, 3.05) is 17.7 Å². The number of aryl methyl sites for hydroxylation is 1. The molecule has 0 atom stereocenters. The smallest absolute Gasteiger partial charge is 0.203 e. The van der Waals surface area contributed by atoms with Gasteiger partial charge in [-0.3, -0.25) is 0 Å². The molecule has 98 valence electrons. The van der Waals surface area contributed by atoms with Gasteiger partial charge in [-0.25, -0.2) is 9.97 Å². The number of fused-ring (bicyclic) bond motifs is 1. The number of nitrogen functional groups attached to an aromatic ring is 1. The zero-order valence-electron chi connectivity index (χ0n) is 11.0. The third-order valence-electron chi connectivity index (χ3n) is 3.15. The first kappa shape index (κ1) is 11.6. The summed E-state index contributed by atoms with van der Waals surface area (Å²) in [7, 11) is 3.96. The second-order valence-electron chi connectivity index (χ2n) is 4.65. The molecule has 0 amide bonds. The lowest BCUT2D eigenvalue weighted by atomic mass is 10.3. The number of aromatic nitrogens is 4. The Morgan fingerprint density at radius 3 is 3.00 bits per heavy atom. The van der Waals surface area contributed by atoms with Crippen molar-refractivity contribution in [1.29, 1.82) is 0 Å². The number of H-pyrrole nitrogens is 1. The van der Waals surface area contributed by atoms with E-state index in [-0.39, 0.29) is 0 Å². The summed E-state index contributed by atoms with van der Waals surface area (Å²) in [5, 5.41) is 0. The summed E-state index contributed by atoms with van der Waals surface area (Å²) >= 11 is 0. The average Bonchev–Trinajstić information content (AvgIpc) is 2.96. The highest BCUT2D eigenvalue weighted by Gasteiger charge is 2.10. The molecule has 0 unspecified atom stereocenters. The fourth-order valence-electron chi connectivity index (χ4n) is 2.03. The van der Waals surface area contributed by atoms with Gasteiger partial charge in [-0.05, 0) is 18.2 Å². The van der Waals surface area contributed by atoms with E-state index < -0.39 is 0 Å². The van der Waals surface area contributed by atoms with E-state index in [9.17, 15) is 0 Å². The Morgan fingerprint density at radius 1 is 1.42 bits per heavy atom. The van der Waals surface area contributed by atoms with Crippen LogP contribution in [0.2, 0.25) is 0 Å². The molecular weight excluding hydrogens is 240 g/mol. The standard InChI is InChI=1S/C13H16N6/c1-18-6-5-15-12(18)8-19(2)13-16-10-4-3-9(14)7-11(10)17-13/h3-7H,8,14H2,1-2H3,(H,16,17). The summed E-state index contributed by atoms with van der Waals surface area (Å²) in [5.74, 6) is 1.80. The molecule has 0 aliphatic carbocycles. The molecule has 0 aliphatic rings. The van der Waals surface area contributed by atoms with Crippen LogP contribution in [0.15, 0.2) is 30.6 Å². The third-order valence-corrected chi connectivity index (χ3v) is 3.15. The Kier molecular flexibility index (Phi) is 2.63. The summed E-state index contributed by atoms with van der Waals surface area (Å²) in [4.78, 5) is 14.1. The lowest BCUT2D eigenvalue weighted by Crippen LogP contribution is -2.20. The van der Waals surface area contributed by atoms with E-state index in [4.69, 9.17) is 5.73 Å². The van der Waals surface area contributed by atoms with Crippen LogP contribution in [0.5, 0.6) is 0 Å². The molecule has 2 heterocycles. The Hall–Kier alpha value is -2.50. The quantitative estimate of drug-likeness (QED) is 0.697. The number of benzene rings is 1. The maximum atomic E-state index is 5.76. The van der Waals surface area contributed by atoms with Crippen LogP contribution in [-0.2, 0) is 13.6 Å².